The monoisotopic (exact) mass is 403 g/mol. The molecule has 1 saturated heterocycles. The van der Waals surface area contributed by atoms with E-state index in [1.54, 1.807) is 15.6 Å². The molecule has 0 aliphatic carbocycles. The Morgan fingerprint density at radius 2 is 1.50 bits per heavy atom. The predicted molar refractivity (Wildman–Crippen MR) is 114 cm³/mol. The molecule has 3 aromatic rings. The lowest BCUT2D eigenvalue weighted by Gasteiger charge is -2.19. The second kappa shape index (κ2) is 9.39. The molecule has 6 nitrogen and oxygen atoms in total. The van der Waals surface area contributed by atoms with E-state index < -0.39 is 5.97 Å². The SMILES string of the molecule is O=C(OCC(=O)N1CCCCCC1)c1cc(-c2ccccc2)nn1-c1ccccc1. The summed E-state index contributed by atoms with van der Waals surface area (Å²) in [6.45, 7) is 1.21. The summed E-state index contributed by atoms with van der Waals surface area (Å²) in [5.41, 5.74) is 2.63. The summed E-state index contributed by atoms with van der Waals surface area (Å²) >= 11 is 0. The van der Waals surface area contributed by atoms with Crippen LogP contribution in [0.1, 0.15) is 36.2 Å². The van der Waals surface area contributed by atoms with Crippen molar-refractivity contribution in [2.75, 3.05) is 19.7 Å². The van der Waals surface area contributed by atoms with Crippen LogP contribution < -0.4 is 0 Å². The van der Waals surface area contributed by atoms with Crippen LogP contribution in [-0.4, -0.2) is 46.3 Å². The lowest BCUT2D eigenvalue weighted by molar-refractivity contribution is -0.134. The molecule has 4 rings (SSSR count). The first kappa shape index (κ1) is 19.9. The molecule has 1 aliphatic rings. The van der Waals surface area contributed by atoms with Crippen molar-refractivity contribution in [3.05, 3.63) is 72.4 Å². The fraction of sp³-hybridized carbons (Fsp3) is 0.292. The van der Waals surface area contributed by atoms with E-state index in [-0.39, 0.29) is 12.5 Å². The second-order valence-corrected chi connectivity index (χ2v) is 7.40. The molecule has 2 aromatic carbocycles. The Kier molecular flexibility index (Phi) is 6.23. The molecule has 1 aromatic heterocycles. The number of likely N-dealkylation sites (tertiary alicyclic amines) is 1. The number of ether oxygens (including phenoxy) is 1. The lowest BCUT2D eigenvalue weighted by atomic mass is 10.1. The van der Waals surface area contributed by atoms with E-state index in [1.807, 2.05) is 60.7 Å². The molecule has 0 atom stereocenters. The van der Waals surface area contributed by atoms with Crippen LogP contribution in [0.15, 0.2) is 66.7 Å². The Bertz CT molecular complexity index is 991. The topological polar surface area (TPSA) is 64.4 Å². The number of esters is 1. The predicted octanol–water partition coefficient (Wildman–Crippen LogP) is 4.10. The number of nitrogens with zero attached hydrogens (tertiary/aromatic N) is 3. The highest BCUT2D eigenvalue weighted by molar-refractivity contribution is 5.91. The summed E-state index contributed by atoms with van der Waals surface area (Å²) in [5, 5.41) is 4.62. The number of hydrogen-bond donors (Lipinski definition) is 0. The molecule has 0 spiro atoms. The summed E-state index contributed by atoms with van der Waals surface area (Å²) in [6, 6.07) is 20.8. The molecule has 0 unspecified atom stereocenters. The maximum atomic E-state index is 12.9. The molecule has 6 heteroatoms. The maximum absolute atomic E-state index is 12.9. The fourth-order valence-electron chi connectivity index (χ4n) is 3.66. The molecule has 0 bridgehead atoms. The number of rotatable bonds is 5. The third-order valence-corrected chi connectivity index (χ3v) is 5.27. The number of carbonyl (C=O) groups excluding carboxylic acids is 2. The highest BCUT2D eigenvalue weighted by Gasteiger charge is 2.22. The Labute approximate surface area is 176 Å². The largest absolute Gasteiger partial charge is 0.451 e. The molecule has 1 fully saturated rings. The van der Waals surface area contributed by atoms with Gasteiger partial charge in [-0.2, -0.15) is 5.10 Å². The molecule has 0 radical (unpaired) electrons. The molecule has 0 saturated carbocycles. The van der Waals surface area contributed by atoms with Gasteiger partial charge in [-0.25, -0.2) is 9.48 Å². The van der Waals surface area contributed by atoms with Crippen molar-refractivity contribution in [1.82, 2.24) is 14.7 Å². The first-order valence-electron chi connectivity index (χ1n) is 10.4. The minimum Gasteiger partial charge on any atom is -0.451 e. The highest BCUT2D eigenvalue weighted by Crippen LogP contribution is 2.22. The van der Waals surface area contributed by atoms with Gasteiger partial charge in [0.1, 0.15) is 0 Å². The summed E-state index contributed by atoms with van der Waals surface area (Å²) in [5.74, 6) is -0.698. The van der Waals surface area contributed by atoms with Gasteiger partial charge < -0.3 is 9.64 Å². The second-order valence-electron chi connectivity index (χ2n) is 7.40. The van der Waals surface area contributed by atoms with Crippen molar-refractivity contribution in [2.45, 2.75) is 25.7 Å². The normalized spacial score (nSPS) is 14.2. The van der Waals surface area contributed by atoms with Gasteiger partial charge in [0.05, 0.1) is 11.4 Å². The van der Waals surface area contributed by atoms with Crippen molar-refractivity contribution >= 4 is 11.9 Å². The van der Waals surface area contributed by atoms with Crippen LogP contribution in [0.5, 0.6) is 0 Å². The van der Waals surface area contributed by atoms with Gasteiger partial charge in [0.25, 0.3) is 5.91 Å². The molecular formula is C24H25N3O3. The van der Waals surface area contributed by atoms with E-state index in [4.69, 9.17) is 4.74 Å². The zero-order chi connectivity index (χ0) is 20.8. The van der Waals surface area contributed by atoms with Gasteiger partial charge in [-0.1, -0.05) is 61.4 Å². The Balaban J connectivity index is 1.55. The Hall–Kier alpha value is -3.41. The van der Waals surface area contributed by atoms with E-state index in [0.29, 0.717) is 11.4 Å². The zero-order valence-corrected chi connectivity index (χ0v) is 16.9. The van der Waals surface area contributed by atoms with Crippen molar-refractivity contribution in [1.29, 1.82) is 0 Å². The van der Waals surface area contributed by atoms with Crippen LogP contribution in [0.4, 0.5) is 0 Å². The van der Waals surface area contributed by atoms with Crippen LogP contribution in [0, 0.1) is 0 Å². The quantitative estimate of drug-likeness (QED) is 0.602. The molecular weight excluding hydrogens is 378 g/mol. The van der Waals surface area contributed by atoms with Crippen molar-refractivity contribution in [3.8, 4) is 16.9 Å². The molecule has 1 amide bonds. The summed E-state index contributed by atoms with van der Waals surface area (Å²) < 4.78 is 6.97. The number of hydrogen-bond acceptors (Lipinski definition) is 4. The Morgan fingerprint density at radius 1 is 0.867 bits per heavy atom. The fourth-order valence-corrected chi connectivity index (χ4v) is 3.66. The van der Waals surface area contributed by atoms with Gasteiger partial charge in [0.15, 0.2) is 12.3 Å². The van der Waals surface area contributed by atoms with Gasteiger partial charge in [0, 0.05) is 18.7 Å². The number of benzene rings is 2. The minimum absolute atomic E-state index is 0.140. The lowest BCUT2D eigenvalue weighted by Crippen LogP contribution is -2.35. The van der Waals surface area contributed by atoms with Crippen LogP contribution in [0.3, 0.4) is 0 Å². The van der Waals surface area contributed by atoms with Gasteiger partial charge in [-0.15, -0.1) is 0 Å². The summed E-state index contributed by atoms with van der Waals surface area (Å²) in [7, 11) is 0. The van der Waals surface area contributed by atoms with Crippen LogP contribution in [0.25, 0.3) is 16.9 Å². The smallest absolute Gasteiger partial charge is 0.357 e. The number of para-hydroxylation sites is 1. The van der Waals surface area contributed by atoms with Crippen molar-refractivity contribution in [3.63, 3.8) is 0 Å². The molecule has 154 valence electrons. The Morgan fingerprint density at radius 3 is 2.17 bits per heavy atom. The average Bonchev–Trinajstić information content (AvgIpc) is 3.07. The molecule has 1 aliphatic heterocycles. The van der Waals surface area contributed by atoms with Crippen molar-refractivity contribution in [2.24, 2.45) is 0 Å². The van der Waals surface area contributed by atoms with Gasteiger partial charge in [-0.05, 0) is 31.0 Å². The van der Waals surface area contributed by atoms with Gasteiger partial charge >= 0.3 is 5.97 Å². The molecule has 30 heavy (non-hydrogen) atoms. The van der Waals surface area contributed by atoms with Crippen LogP contribution in [0.2, 0.25) is 0 Å². The van der Waals surface area contributed by atoms with E-state index in [2.05, 4.69) is 5.10 Å². The van der Waals surface area contributed by atoms with E-state index in [1.165, 1.54) is 0 Å². The standard InChI is InChI=1S/C24H25N3O3/c28-23(26-15-9-1-2-10-16-26)18-30-24(29)22-17-21(19-11-5-3-6-12-19)25-27(22)20-13-7-4-8-14-20/h3-8,11-14,17H,1-2,9-10,15-16,18H2. The van der Waals surface area contributed by atoms with Gasteiger partial charge in [-0.3, -0.25) is 4.79 Å². The third-order valence-electron chi connectivity index (χ3n) is 5.27. The third kappa shape index (κ3) is 4.59. The summed E-state index contributed by atoms with van der Waals surface area (Å²) in [6.07, 6.45) is 4.28. The zero-order valence-electron chi connectivity index (χ0n) is 16.9. The van der Waals surface area contributed by atoms with Crippen molar-refractivity contribution < 1.29 is 14.3 Å². The first-order chi connectivity index (χ1) is 14.7. The van der Waals surface area contributed by atoms with E-state index in [9.17, 15) is 9.59 Å². The number of aromatic nitrogens is 2. The minimum atomic E-state index is -0.559. The van der Waals surface area contributed by atoms with Crippen LogP contribution >= 0.6 is 0 Å². The highest BCUT2D eigenvalue weighted by atomic mass is 16.5. The summed E-state index contributed by atoms with van der Waals surface area (Å²) in [4.78, 5) is 27.2. The van der Waals surface area contributed by atoms with Gasteiger partial charge in [0.2, 0.25) is 0 Å². The number of carbonyl (C=O) groups is 2. The first-order valence-corrected chi connectivity index (χ1v) is 10.4. The van der Waals surface area contributed by atoms with Crippen LogP contribution in [-0.2, 0) is 9.53 Å². The van der Waals surface area contributed by atoms with E-state index in [0.717, 1.165) is 50.0 Å². The maximum Gasteiger partial charge on any atom is 0.357 e. The number of amides is 1. The van der Waals surface area contributed by atoms with E-state index >= 15 is 0 Å². The molecule has 2 heterocycles. The average molecular weight is 403 g/mol. The molecule has 0 N–H and O–H groups in total.